The van der Waals surface area contributed by atoms with E-state index in [1.54, 1.807) is 0 Å². The Labute approximate surface area is 89.2 Å². The van der Waals surface area contributed by atoms with Gasteiger partial charge in [-0.1, -0.05) is 20.8 Å². The molecule has 0 spiro atoms. The van der Waals surface area contributed by atoms with Crippen LogP contribution in [0, 0.1) is 0 Å². The number of fused-ring (bicyclic) bond motifs is 3. The lowest BCUT2D eigenvalue weighted by Crippen LogP contribution is -2.15. The summed E-state index contributed by atoms with van der Waals surface area (Å²) in [5, 5.41) is 0. The monoisotopic (exact) mass is 201 g/mol. The molecule has 3 nitrogen and oxygen atoms in total. The molecule has 2 aromatic rings. The standard InChI is InChI=1S/C12H15N3/c1-8-6-12(2,3)11-10(8)14-9-7-13-4-5-15(9)11/h4-5,7-8H,6H2,1-3H3. The maximum absolute atomic E-state index is 4.67. The number of rotatable bonds is 0. The predicted molar refractivity (Wildman–Crippen MR) is 59.0 cm³/mol. The lowest BCUT2D eigenvalue weighted by molar-refractivity contribution is 0.473. The fourth-order valence-electron chi connectivity index (χ4n) is 2.90. The molecule has 0 N–H and O–H groups in total. The first-order chi connectivity index (χ1) is 7.09. The summed E-state index contributed by atoms with van der Waals surface area (Å²) in [6.07, 6.45) is 6.87. The third-order valence-electron chi connectivity index (χ3n) is 3.38. The highest BCUT2D eigenvalue weighted by Crippen LogP contribution is 2.45. The number of nitrogens with zero attached hydrogens (tertiary/aromatic N) is 3. The molecule has 0 aromatic carbocycles. The summed E-state index contributed by atoms with van der Waals surface area (Å²) in [5.41, 5.74) is 3.83. The van der Waals surface area contributed by atoms with Gasteiger partial charge in [-0.05, 0) is 6.42 Å². The van der Waals surface area contributed by atoms with Gasteiger partial charge in [-0.15, -0.1) is 0 Å². The number of imidazole rings is 1. The molecule has 2 heterocycles. The lowest BCUT2D eigenvalue weighted by atomic mass is 9.89. The highest BCUT2D eigenvalue weighted by molar-refractivity contribution is 5.46. The van der Waals surface area contributed by atoms with Crippen molar-refractivity contribution in [3.05, 3.63) is 30.0 Å². The second-order valence-corrected chi connectivity index (χ2v) is 5.14. The molecule has 15 heavy (non-hydrogen) atoms. The van der Waals surface area contributed by atoms with Crippen molar-refractivity contribution in [2.24, 2.45) is 0 Å². The lowest BCUT2D eigenvalue weighted by Gasteiger charge is -2.18. The molecule has 0 aliphatic heterocycles. The molecule has 1 atom stereocenters. The van der Waals surface area contributed by atoms with Gasteiger partial charge in [0.05, 0.1) is 17.6 Å². The van der Waals surface area contributed by atoms with Gasteiger partial charge in [-0.25, -0.2) is 4.98 Å². The third-order valence-corrected chi connectivity index (χ3v) is 3.38. The zero-order chi connectivity index (χ0) is 10.6. The van der Waals surface area contributed by atoms with Crippen LogP contribution in [0.2, 0.25) is 0 Å². The third kappa shape index (κ3) is 1.06. The zero-order valence-electron chi connectivity index (χ0n) is 9.36. The summed E-state index contributed by atoms with van der Waals surface area (Å²) in [6, 6.07) is 0. The number of hydrogen-bond donors (Lipinski definition) is 0. The SMILES string of the molecule is CC1CC(C)(C)c2c1nc1cnccn21. The molecular formula is C12H15N3. The van der Waals surface area contributed by atoms with Gasteiger partial charge in [0.2, 0.25) is 0 Å². The average molecular weight is 201 g/mol. The Bertz CT molecular complexity index is 525. The number of aromatic nitrogens is 3. The molecule has 0 saturated carbocycles. The quantitative estimate of drug-likeness (QED) is 0.655. The minimum absolute atomic E-state index is 0.232. The van der Waals surface area contributed by atoms with Crippen LogP contribution in [0.5, 0.6) is 0 Å². The van der Waals surface area contributed by atoms with Crippen LogP contribution in [-0.2, 0) is 5.41 Å². The highest BCUT2D eigenvalue weighted by atomic mass is 15.1. The smallest absolute Gasteiger partial charge is 0.155 e. The molecule has 0 saturated heterocycles. The van der Waals surface area contributed by atoms with E-state index in [1.807, 2.05) is 18.6 Å². The molecule has 1 aliphatic rings. The maximum Gasteiger partial charge on any atom is 0.155 e. The molecule has 1 aliphatic carbocycles. The average Bonchev–Trinajstić information content (AvgIpc) is 2.64. The van der Waals surface area contributed by atoms with Gasteiger partial charge < -0.3 is 4.40 Å². The summed E-state index contributed by atoms with van der Waals surface area (Å²) in [6.45, 7) is 6.85. The summed E-state index contributed by atoms with van der Waals surface area (Å²) in [7, 11) is 0. The fraction of sp³-hybridized carbons (Fsp3) is 0.500. The molecule has 0 amide bonds. The highest BCUT2D eigenvalue weighted by Gasteiger charge is 2.38. The molecule has 0 bridgehead atoms. The van der Waals surface area contributed by atoms with E-state index in [-0.39, 0.29) is 5.41 Å². The Hall–Kier alpha value is -1.38. The van der Waals surface area contributed by atoms with Crippen molar-refractivity contribution < 1.29 is 0 Å². The van der Waals surface area contributed by atoms with Crippen LogP contribution in [0.15, 0.2) is 18.6 Å². The summed E-state index contributed by atoms with van der Waals surface area (Å²) >= 11 is 0. The Morgan fingerprint density at radius 3 is 3.07 bits per heavy atom. The van der Waals surface area contributed by atoms with Gasteiger partial charge in [-0.3, -0.25) is 4.98 Å². The molecule has 0 fully saturated rings. The van der Waals surface area contributed by atoms with E-state index < -0.39 is 0 Å². The Morgan fingerprint density at radius 2 is 2.27 bits per heavy atom. The van der Waals surface area contributed by atoms with Gasteiger partial charge in [0.15, 0.2) is 5.65 Å². The molecule has 0 radical (unpaired) electrons. The van der Waals surface area contributed by atoms with E-state index in [4.69, 9.17) is 0 Å². The first-order valence-corrected chi connectivity index (χ1v) is 5.42. The Morgan fingerprint density at radius 1 is 1.47 bits per heavy atom. The molecule has 3 heteroatoms. The van der Waals surface area contributed by atoms with E-state index in [2.05, 4.69) is 35.1 Å². The van der Waals surface area contributed by atoms with Crippen molar-refractivity contribution in [3.8, 4) is 0 Å². The molecular weight excluding hydrogens is 186 g/mol. The van der Waals surface area contributed by atoms with Crippen LogP contribution >= 0.6 is 0 Å². The zero-order valence-corrected chi connectivity index (χ0v) is 9.36. The van der Waals surface area contributed by atoms with Crippen LogP contribution in [0.1, 0.15) is 44.5 Å². The Kier molecular flexibility index (Phi) is 1.54. The van der Waals surface area contributed by atoms with E-state index in [1.165, 1.54) is 17.8 Å². The van der Waals surface area contributed by atoms with Crippen LogP contribution in [0.25, 0.3) is 5.65 Å². The van der Waals surface area contributed by atoms with Crippen molar-refractivity contribution in [2.45, 2.75) is 38.5 Å². The van der Waals surface area contributed by atoms with Crippen LogP contribution in [0.4, 0.5) is 0 Å². The normalized spacial score (nSPS) is 23.3. The summed E-state index contributed by atoms with van der Waals surface area (Å²) in [5.74, 6) is 0.565. The van der Waals surface area contributed by atoms with Crippen molar-refractivity contribution in [1.82, 2.24) is 14.4 Å². The van der Waals surface area contributed by atoms with Gasteiger partial charge in [0.1, 0.15) is 0 Å². The first kappa shape index (κ1) is 8.89. The number of hydrogen-bond acceptors (Lipinski definition) is 2. The summed E-state index contributed by atoms with van der Waals surface area (Å²) in [4.78, 5) is 8.79. The van der Waals surface area contributed by atoms with Crippen LogP contribution in [0.3, 0.4) is 0 Å². The second kappa shape index (κ2) is 2.60. The fourth-order valence-corrected chi connectivity index (χ4v) is 2.90. The summed E-state index contributed by atoms with van der Waals surface area (Å²) < 4.78 is 2.19. The predicted octanol–water partition coefficient (Wildman–Crippen LogP) is 2.51. The van der Waals surface area contributed by atoms with Gasteiger partial charge in [0.25, 0.3) is 0 Å². The van der Waals surface area contributed by atoms with Crippen molar-refractivity contribution in [2.75, 3.05) is 0 Å². The van der Waals surface area contributed by atoms with Gasteiger partial charge >= 0.3 is 0 Å². The first-order valence-electron chi connectivity index (χ1n) is 5.42. The largest absolute Gasteiger partial charge is 0.300 e. The van der Waals surface area contributed by atoms with E-state index >= 15 is 0 Å². The van der Waals surface area contributed by atoms with Gasteiger partial charge in [0, 0.05) is 23.7 Å². The second-order valence-electron chi connectivity index (χ2n) is 5.14. The minimum Gasteiger partial charge on any atom is -0.300 e. The van der Waals surface area contributed by atoms with Gasteiger partial charge in [-0.2, -0.15) is 0 Å². The Balaban J connectivity index is 2.40. The molecule has 78 valence electrons. The molecule has 2 aromatic heterocycles. The van der Waals surface area contributed by atoms with E-state index in [0.717, 1.165) is 5.65 Å². The molecule has 3 rings (SSSR count). The maximum atomic E-state index is 4.67. The van der Waals surface area contributed by atoms with Crippen LogP contribution < -0.4 is 0 Å². The van der Waals surface area contributed by atoms with Crippen molar-refractivity contribution in [3.63, 3.8) is 0 Å². The van der Waals surface area contributed by atoms with Crippen molar-refractivity contribution in [1.29, 1.82) is 0 Å². The topological polar surface area (TPSA) is 30.2 Å². The minimum atomic E-state index is 0.232. The van der Waals surface area contributed by atoms with Crippen molar-refractivity contribution >= 4 is 5.65 Å². The van der Waals surface area contributed by atoms with E-state index in [9.17, 15) is 0 Å². The van der Waals surface area contributed by atoms with Crippen LogP contribution in [-0.4, -0.2) is 14.4 Å². The molecule has 1 unspecified atom stereocenters. The van der Waals surface area contributed by atoms with E-state index in [0.29, 0.717) is 5.92 Å².